The van der Waals surface area contributed by atoms with Crippen LogP contribution < -0.4 is 0 Å². The fourth-order valence-electron chi connectivity index (χ4n) is 1.75. The van der Waals surface area contributed by atoms with Crippen LogP contribution in [-0.2, 0) is 16.1 Å². The van der Waals surface area contributed by atoms with E-state index >= 15 is 0 Å². The van der Waals surface area contributed by atoms with Gasteiger partial charge < -0.3 is 13.9 Å². The van der Waals surface area contributed by atoms with E-state index in [0.717, 1.165) is 0 Å². The van der Waals surface area contributed by atoms with E-state index in [1.54, 1.807) is 0 Å². The summed E-state index contributed by atoms with van der Waals surface area (Å²) in [7, 11) is 1.20. The largest absolute Gasteiger partial charge is 0.465 e. The van der Waals surface area contributed by atoms with Gasteiger partial charge in [-0.1, -0.05) is 0 Å². The summed E-state index contributed by atoms with van der Waals surface area (Å²) >= 11 is -0.278. The van der Waals surface area contributed by atoms with Crippen LogP contribution in [0.2, 0.25) is 0 Å². The van der Waals surface area contributed by atoms with Crippen LogP contribution >= 0.6 is 11.8 Å². The third-order valence-corrected chi connectivity index (χ3v) is 3.55. The molecule has 0 aliphatic heterocycles. The first kappa shape index (κ1) is 17.9. The van der Waals surface area contributed by atoms with Crippen molar-refractivity contribution in [1.29, 1.82) is 0 Å². The van der Waals surface area contributed by atoms with E-state index in [-0.39, 0.29) is 40.2 Å². The van der Waals surface area contributed by atoms with Gasteiger partial charge in [-0.2, -0.15) is 13.2 Å². The molecule has 0 aliphatic rings. The highest BCUT2D eigenvalue weighted by atomic mass is 32.2. The number of benzene rings is 1. The number of esters is 2. The number of ether oxygens (including phenoxy) is 2. The van der Waals surface area contributed by atoms with Gasteiger partial charge in [0.15, 0.2) is 12.4 Å². The van der Waals surface area contributed by atoms with E-state index in [9.17, 15) is 22.8 Å². The molecule has 0 saturated heterocycles. The zero-order chi connectivity index (χ0) is 17.7. The van der Waals surface area contributed by atoms with Gasteiger partial charge in [0.2, 0.25) is 0 Å². The maximum atomic E-state index is 12.2. The molecule has 1 heterocycles. The monoisotopic (exact) mass is 360 g/mol. The molecule has 1 aromatic carbocycles. The SMILES string of the molecule is COC(=O)c1ccoc1COC(=O)c1ccc(SC(F)(F)F)cc1. The van der Waals surface area contributed by atoms with Crippen LogP contribution in [0.3, 0.4) is 0 Å². The van der Waals surface area contributed by atoms with Crippen molar-refractivity contribution in [3.63, 3.8) is 0 Å². The number of alkyl halides is 3. The number of carbonyl (C=O) groups is 2. The molecule has 0 atom stereocenters. The van der Waals surface area contributed by atoms with Gasteiger partial charge in [-0.3, -0.25) is 0 Å². The molecule has 24 heavy (non-hydrogen) atoms. The summed E-state index contributed by atoms with van der Waals surface area (Å²) in [6.07, 6.45) is 1.25. The lowest BCUT2D eigenvalue weighted by Crippen LogP contribution is -2.08. The molecule has 0 radical (unpaired) electrons. The van der Waals surface area contributed by atoms with Crippen LogP contribution in [0.5, 0.6) is 0 Å². The van der Waals surface area contributed by atoms with Crippen molar-refractivity contribution >= 4 is 23.7 Å². The van der Waals surface area contributed by atoms with Gasteiger partial charge >= 0.3 is 17.4 Å². The predicted octanol–water partition coefficient (Wildman–Crippen LogP) is 4.04. The summed E-state index contributed by atoms with van der Waals surface area (Å²) in [5.74, 6) is -1.28. The van der Waals surface area contributed by atoms with E-state index in [4.69, 9.17) is 9.15 Å². The third-order valence-electron chi connectivity index (χ3n) is 2.81. The molecule has 0 bridgehead atoms. The Morgan fingerprint density at radius 3 is 2.38 bits per heavy atom. The lowest BCUT2D eigenvalue weighted by Gasteiger charge is -2.07. The van der Waals surface area contributed by atoms with E-state index in [0.29, 0.717) is 0 Å². The molecule has 2 aromatic rings. The predicted molar refractivity (Wildman–Crippen MR) is 77.5 cm³/mol. The average molecular weight is 360 g/mol. The summed E-state index contributed by atoms with van der Waals surface area (Å²) in [4.78, 5) is 23.3. The van der Waals surface area contributed by atoms with Crippen molar-refractivity contribution in [3.05, 3.63) is 53.5 Å². The average Bonchev–Trinajstić information content (AvgIpc) is 2.99. The highest BCUT2D eigenvalue weighted by Crippen LogP contribution is 2.36. The van der Waals surface area contributed by atoms with E-state index in [1.165, 1.54) is 43.7 Å². The highest BCUT2D eigenvalue weighted by molar-refractivity contribution is 8.00. The molecular formula is C15H11F3O5S. The number of furan rings is 1. The molecule has 9 heteroatoms. The zero-order valence-electron chi connectivity index (χ0n) is 12.3. The molecule has 0 amide bonds. The fraction of sp³-hybridized carbons (Fsp3) is 0.200. The van der Waals surface area contributed by atoms with Crippen LogP contribution in [0.25, 0.3) is 0 Å². The molecule has 0 fully saturated rings. The maximum absolute atomic E-state index is 12.2. The highest BCUT2D eigenvalue weighted by Gasteiger charge is 2.29. The number of halogens is 3. The number of carbonyl (C=O) groups excluding carboxylic acids is 2. The van der Waals surface area contributed by atoms with Gasteiger partial charge in [-0.15, -0.1) is 0 Å². The van der Waals surface area contributed by atoms with E-state index < -0.39 is 17.4 Å². The Hall–Kier alpha value is -2.42. The number of rotatable bonds is 5. The minimum Gasteiger partial charge on any atom is -0.465 e. The quantitative estimate of drug-likeness (QED) is 0.592. The lowest BCUT2D eigenvalue weighted by atomic mass is 10.2. The van der Waals surface area contributed by atoms with Gasteiger partial charge in [0.1, 0.15) is 5.56 Å². The normalized spacial score (nSPS) is 11.2. The summed E-state index contributed by atoms with van der Waals surface area (Å²) in [6.45, 7) is -0.310. The molecule has 0 unspecified atom stereocenters. The van der Waals surface area contributed by atoms with Crippen molar-refractivity contribution in [2.24, 2.45) is 0 Å². The van der Waals surface area contributed by atoms with Crippen LogP contribution in [0.1, 0.15) is 26.5 Å². The summed E-state index contributed by atoms with van der Waals surface area (Å²) in [5.41, 5.74) is -4.19. The minimum absolute atomic E-state index is 0.0435. The number of hydrogen-bond donors (Lipinski definition) is 0. The van der Waals surface area contributed by atoms with Crippen molar-refractivity contribution in [2.75, 3.05) is 7.11 Å². The molecule has 1 aromatic heterocycles. The molecule has 0 aliphatic carbocycles. The van der Waals surface area contributed by atoms with Crippen molar-refractivity contribution in [2.45, 2.75) is 17.0 Å². The number of methoxy groups -OCH3 is 1. The summed E-state index contributed by atoms with van der Waals surface area (Å²) in [6, 6.07) is 6.15. The lowest BCUT2D eigenvalue weighted by molar-refractivity contribution is -0.0328. The second-order valence-corrected chi connectivity index (χ2v) is 5.54. The molecule has 0 saturated carbocycles. The Bertz CT molecular complexity index is 721. The molecular weight excluding hydrogens is 349 g/mol. The Morgan fingerprint density at radius 1 is 1.12 bits per heavy atom. The Balaban J connectivity index is 1.98. The van der Waals surface area contributed by atoms with Gasteiger partial charge in [0.05, 0.1) is 18.9 Å². The number of hydrogen-bond acceptors (Lipinski definition) is 6. The van der Waals surface area contributed by atoms with Crippen LogP contribution in [0.15, 0.2) is 45.9 Å². The second kappa shape index (κ2) is 7.43. The maximum Gasteiger partial charge on any atom is 0.446 e. The first-order valence-corrected chi connectivity index (χ1v) is 7.29. The van der Waals surface area contributed by atoms with E-state index in [2.05, 4.69) is 4.74 Å². The topological polar surface area (TPSA) is 65.7 Å². The Kier molecular flexibility index (Phi) is 5.55. The van der Waals surface area contributed by atoms with Crippen LogP contribution in [0, 0.1) is 0 Å². The van der Waals surface area contributed by atoms with Crippen LogP contribution in [-0.4, -0.2) is 24.6 Å². The molecule has 0 N–H and O–H groups in total. The molecule has 0 spiro atoms. The first-order valence-electron chi connectivity index (χ1n) is 6.48. The zero-order valence-corrected chi connectivity index (χ0v) is 13.1. The smallest absolute Gasteiger partial charge is 0.446 e. The molecule has 5 nitrogen and oxygen atoms in total. The number of thioether (sulfide) groups is 1. The third kappa shape index (κ3) is 4.79. The fourth-order valence-corrected chi connectivity index (χ4v) is 2.29. The van der Waals surface area contributed by atoms with Crippen LogP contribution in [0.4, 0.5) is 13.2 Å². The summed E-state index contributed by atoms with van der Waals surface area (Å²) in [5, 5.41) is 0. The summed E-state index contributed by atoms with van der Waals surface area (Å²) < 4.78 is 51.3. The Morgan fingerprint density at radius 2 is 1.79 bits per heavy atom. The Labute approximate surface area is 138 Å². The van der Waals surface area contributed by atoms with Gasteiger partial charge in [-0.05, 0) is 42.1 Å². The second-order valence-electron chi connectivity index (χ2n) is 4.40. The van der Waals surface area contributed by atoms with Crippen molar-refractivity contribution < 1.29 is 36.7 Å². The molecule has 128 valence electrons. The van der Waals surface area contributed by atoms with Gasteiger partial charge in [0, 0.05) is 4.90 Å². The van der Waals surface area contributed by atoms with Gasteiger partial charge in [-0.25, -0.2) is 9.59 Å². The van der Waals surface area contributed by atoms with Crippen molar-refractivity contribution in [3.8, 4) is 0 Å². The first-order chi connectivity index (χ1) is 11.3. The minimum atomic E-state index is -4.40. The molecule has 2 rings (SSSR count). The van der Waals surface area contributed by atoms with Gasteiger partial charge in [0.25, 0.3) is 0 Å². The van der Waals surface area contributed by atoms with Crippen molar-refractivity contribution in [1.82, 2.24) is 0 Å². The standard InChI is InChI=1S/C15H11F3O5S/c1-21-14(20)11-6-7-22-12(11)8-23-13(19)9-2-4-10(5-3-9)24-15(16,17)18/h2-7H,8H2,1H3. The van der Waals surface area contributed by atoms with E-state index in [1.807, 2.05) is 0 Å².